The molecule has 0 atom stereocenters. The number of anilines is 1. The topological polar surface area (TPSA) is 35.2 Å². The molecule has 0 aliphatic carbocycles. The van der Waals surface area contributed by atoms with Crippen LogP contribution in [-0.2, 0) is 0 Å². The van der Waals surface area contributed by atoms with Gasteiger partial charge in [-0.25, -0.2) is 0 Å². The summed E-state index contributed by atoms with van der Waals surface area (Å²) >= 11 is 7.59. The number of nitrogens with two attached hydrogens (primary N) is 1. The van der Waals surface area contributed by atoms with Crippen molar-refractivity contribution in [3.63, 3.8) is 0 Å². The van der Waals surface area contributed by atoms with Gasteiger partial charge in [-0.3, -0.25) is 0 Å². The molecule has 2 N–H and O–H groups in total. The summed E-state index contributed by atoms with van der Waals surface area (Å²) in [5, 5.41) is 0.725. The second-order valence-electron chi connectivity index (χ2n) is 4.55. The number of rotatable bonds is 6. The Bertz CT molecular complexity index is 557. The fraction of sp³-hybridized carbons (Fsp3) is 0.250. The molecule has 0 saturated carbocycles. The van der Waals surface area contributed by atoms with E-state index in [9.17, 15) is 0 Å². The molecule has 0 heterocycles. The third-order valence-electron chi connectivity index (χ3n) is 2.79. The quantitative estimate of drug-likeness (QED) is 0.473. The van der Waals surface area contributed by atoms with Crippen LogP contribution in [0.15, 0.2) is 47.4 Å². The van der Waals surface area contributed by atoms with Crippen molar-refractivity contribution in [3.8, 4) is 5.75 Å². The minimum absolute atomic E-state index is 0.695. The Morgan fingerprint density at radius 2 is 1.90 bits per heavy atom. The highest BCUT2D eigenvalue weighted by Gasteiger charge is 2.00. The normalized spacial score (nSPS) is 10.5. The van der Waals surface area contributed by atoms with Crippen molar-refractivity contribution in [2.45, 2.75) is 18.2 Å². The van der Waals surface area contributed by atoms with E-state index in [1.807, 2.05) is 37.3 Å². The highest BCUT2D eigenvalue weighted by atomic mass is 35.5. The van der Waals surface area contributed by atoms with Gasteiger partial charge in [0.05, 0.1) is 6.61 Å². The van der Waals surface area contributed by atoms with Crippen molar-refractivity contribution >= 4 is 29.1 Å². The number of benzene rings is 2. The Hall–Kier alpha value is -1.32. The molecule has 0 aromatic heterocycles. The highest BCUT2D eigenvalue weighted by molar-refractivity contribution is 7.99. The molecule has 2 nitrogen and oxygen atoms in total. The maximum Gasteiger partial charge on any atom is 0.119 e. The summed E-state index contributed by atoms with van der Waals surface area (Å²) < 4.78 is 5.65. The summed E-state index contributed by atoms with van der Waals surface area (Å²) in [6.45, 7) is 2.74. The fourth-order valence-electron chi connectivity index (χ4n) is 1.76. The lowest BCUT2D eigenvalue weighted by Gasteiger charge is -2.08. The Balaban J connectivity index is 1.70. The molecule has 0 bridgehead atoms. The number of hydrogen-bond acceptors (Lipinski definition) is 3. The summed E-state index contributed by atoms with van der Waals surface area (Å²) in [4.78, 5) is 1.14. The molecular weight excluding hydrogens is 290 g/mol. The second-order valence-corrected chi connectivity index (χ2v) is 6.12. The van der Waals surface area contributed by atoms with Gasteiger partial charge in [-0.15, -0.1) is 11.8 Å². The minimum Gasteiger partial charge on any atom is -0.494 e. The molecule has 20 heavy (non-hydrogen) atoms. The van der Waals surface area contributed by atoms with Crippen molar-refractivity contribution in [3.05, 3.63) is 53.1 Å². The molecule has 2 aromatic carbocycles. The fourth-order valence-corrected chi connectivity index (χ4v) is 2.76. The van der Waals surface area contributed by atoms with Crippen LogP contribution in [0.3, 0.4) is 0 Å². The van der Waals surface area contributed by atoms with Gasteiger partial charge in [0.1, 0.15) is 5.75 Å². The van der Waals surface area contributed by atoms with Crippen molar-refractivity contribution in [1.29, 1.82) is 0 Å². The first-order valence-corrected chi connectivity index (χ1v) is 7.89. The van der Waals surface area contributed by atoms with Crippen LogP contribution in [0.25, 0.3) is 0 Å². The summed E-state index contributed by atoms with van der Waals surface area (Å²) in [6, 6.07) is 13.6. The van der Waals surface area contributed by atoms with Crippen LogP contribution < -0.4 is 10.5 Å². The van der Waals surface area contributed by atoms with Crippen LogP contribution in [0, 0.1) is 6.92 Å². The van der Waals surface area contributed by atoms with Gasteiger partial charge in [0.25, 0.3) is 0 Å². The molecule has 0 saturated heterocycles. The Morgan fingerprint density at radius 3 is 2.60 bits per heavy atom. The van der Waals surface area contributed by atoms with Gasteiger partial charge < -0.3 is 10.5 Å². The predicted molar refractivity (Wildman–Crippen MR) is 87.9 cm³/mol. The first-order chi connectivity index (χ1) is 9.65. The number of aryl methyl sites for hydroxylation is 1. The lowest BCUT2D eigenvalue weighted by atomic mass is 10.2. The summed E-state index contributed by atoms with van der Waals surface area (Å²) in [6.07, 6.45) is 0.973. The third kappa shape index (κ3) is 4.66. The maximum absolute atomic E-state index is 5.98. The van der Waals surface area contributed by atoms with Crippen LogP contribution in [0.2, 0.25) is 5.02 Å². The summed E-state index contributed by atoms with van der Waals surface area (Å²) in [5.74, 6) is 1.84. The van der Waals surface area contributed by atoms with Crippen LogP contribution >= 0.6 is 23.4 Å². The Labute approximate surface area is 129 Å². The SMILES string of the molecule is Cc1ccc(SCCCOc2ccc(Cl)cc2)c(N)c1. The molecular formula is C16H18ClNOS. The zero-order valence-corrected chi connectivity index (χ0v) is 13.0. The molecule has 0 unspecified atom stereocenters. The molecule has 0 radical (unpaired) electrons. The molecule has 0 amide bonds. The van der Waals surface area contributed by atoms with Crippen molar-refractivity contribution in [2.24, 2.45) is 0 Å². The molecule has 0 spiro atoms. The maximum atomic E-state index is 5.98. The monoisotopic (exact) mass is 307 g/mol. The third-order valence-corrected chi connectivity index (χ3v) is 4.22. The molecule has 0 fully saturated rings. The summed E-state index contributed by atoms with van der Waals surface area (Å²) in [7, 11) is 0. The zero-order valence-electron chi connectivity index (χ0n) is 11.4. The van der Waals surface area contributed by atoms with E-state index >= 15 is 0 Å². The number of halogens is 1. The number of thioether (sulfide) groups is 1. The Morgan fingerprint density at radius 1 is 1.15 bits per heavy atom. The van der Waals surface area contributed by atoms with E-state index in [4.69, 9.17) is 22.1 Å². The first kappa shape index (κ1) is 15.1. The van der Waals surface area contributed by atoms with Crippen molar-refractivity contribution in [2.75, 3.05) is 18.1 Å². The van der Waals surface area contributed by atoms with Crippen LogP contribution in [0.1, 0.15) is 12.0 Å². The number of hydrogen-bond donors (Lipinski definition) is 1. The van der Waals surface area contributed by atoms with E-state index in [0.29, 0.717) is 6.61 Å². The Kier molecular flexibility index (Phi) is 5.62. The smallest absolute Gasteiger partial charge is 0.119 e. The second kappa shape index (κ2) is 7.46. The molecule has 2 aromatic rings. The van der Waals surface area contributed by atoms with Crippen LogP contribution in [0.5, 0.6) is 5.75 Å². The van der Waals surface area contributed by atoms with E-state index in [2.05, 4.69) is 12.1 Å². The largest absolute Gasteiger partial charge is 0.494 e. The van der Waals surface area contributed by atoms with E-state index in [0.717, 1.165) is 33.5 Å². The highest BCUT2D eigenvalue weighted by Crippen LogP contribution is 2.26. The van der Waals surface area contributed by atoms with Gasteiger partial charge in [0.2, 0.25) is 0 Å². The van der Waals surface area contributed by atoms with Gasteiger partial charge in [-0.05, 0) is 55.3 Å². The standard InChI is InChI=1S/C16H18ClNOS/c1-12-3-8-16(15(18)11-12)20-10-2-9-19-14-6-4-13(17)5-7-14/h3-8,11H,2,9-10,18H2,1H3. The lowest BCUT2D eigenvalue weighted by Crippen LogP contribution is -1.99. The van der Waals surface area contributed by atoms with E-state index in [1.54, 1.807) is 11.8 Å². The average Bonchev–Trinajstić information content (AvgIpc) is 2.42. The molecule has 2 rings (SSSR count). The van der Waals surface area contributed by atoms with E-state index < -0.39 is 0 Å². The first-order valence-electron chi connectivity index (χ1n) is 6.52. The summed E-state index contributed by atoms with van der Waals surface area (Å²) in [5.41, 5.74) is 8.02. The van der Waals surface area contributed by atoms with Gasteiger partial charge >= 0.3 is 0 Å². The van der Waals surface area contributed by atoms with Crippen LogP contribution in [0.4, 0.5) is 5.69 Å². The van der Waals surface area contributed by atoms with Gasteiger partial charge in [-0.1, -0.05) is 17.7 Å². The minimum atomic E-state index is 0.695. The average molecular weight is 308 g/mol. The predicted octanol–water partition coefficient (Wildman–Crippen LogP) is 4.79. The van der Waals surface area contributed by atoms with Gasteiger partial charge in [0.15, 0.2) is 0 Å². The molecule has 106 valence electrons. The van der Waals surface area contributed by atoms with Gasteiger partial charge in [-0.2, -0.15) is 0 Å². The zero-order chi connectivity index (χ0) is 14.4. The number of ether oxygens (including phenoxy) is 1. The van der Waals surface area contributed by atoms with Gasteiger partial charge in [0, 0.05) is 21.4 Å². The molecule has 4 heteroatoms. The lowest BCUT2D eigenvalue weighted by molar-refractivity contribution is 0.319. The molecule has 0 aliphatic rings. The van der Waals surface area contributed by atoms with Crippen LogP contribution in [-0.4, -0.2) is 12.4 Å². The van der Waals surface area contributed by atoms with Crippen molar-refractivity contribution < 1.29 is 4.74 Å². The number of nitrogen functional groups attached to an aromatic ring is 1. The van der Waals surface area contributed by atoms with E-state index in [1.165, 1.54) is 5.56 Å². The van der Waals surface area contributed by atoms with E-state index in [-0.39, 0.29) is 0 Å². The van der Waals surface area contributed by atoms with Crippen molar-refractivity contribution in [1.82, 2.24) is 0 Å². The molecule has 0 aliphatic heterocycles.